The molecule has 1 aliphatic carbocycles. The topological polar surface area (TPSA) is 55.1 Å². The number of nitrogens with two attached hydrogens (primary N) is 1. The summed E-state index contributed by atoms with van der Waals surface area (Å²) in [5.41, 5.74) is 6.81. The average molecular weight is 246 g/mol. The van der Waals surface area contributed by atoms with Gasteiger partial charge < -0.3 is 11.1 Å². The van der Waals surface area contributed by atoms with Crippen molar-refractivity contribution in [3.8, 4) is 0 Å². The first-order chi connectivity index (χ1) is 8.66. The van der Waals surface area contributed by atoms with Gasteiger partial charge in [0.2, 0.25) is 5.91 Å². The van der Waals surface area contributed by atoms with E-state index in [9.17, 15) is 4.79 Å². The van der Waals surface area contributed by atoms with Gasteiger partial charge in [-0.2, -0.15) is 0 Å². The molecule has 1 aromatic carbocycles. The van der Waals surface area contributed by atoms with Crippen LogP contribution in [0.1, 0.15) is 37.8 Å². The Balaban J connectivity index is 1.81. The third-order valence-corrected chi connectivity index (χ3v) is 3.81. The molecule has 0 aromatic heterocycles. The van der Waals surface area contributed by atoms with Gasteiger partial charge >= 0.3 is 0 Å². The molecule has 3 N–H and O–H groups in total. The van der Waals surface area contributed by atoms with Gasteiger partial charge in [0.25, 0.3) is 0 Å². The number of benzene rings is 1. The van der Waals surface area contributed by atoms with Crippen LogP contribution >= 0.6 is 0 Å². The second-order valence-corrected chi connectivity index (χ2v) is 5.42. The molecular weight excluding hydrogens is 224 g/mol. The van der Waals surface area contributed by atoms with Crippen molar-refractivity contribution >= 4 is 5.91 Å². The minimum Gasteiger partial charge on any atom is -0.354 e. The highest BCUT2D eigenvalue weighted by Crippen LogP contribution is 2.29. The molecule has 2 rings (SSSR count). The molecule has 18 heavy (non-hydrogen) atoms. The van der Waals surface area contributed by atoms with E-state index >= 15 is 0 Å². The van der Waals surface area contributed by atoms with Crippen molar-refractivity contribution in [2.45, 2.75) is 32.2 Å². The summed E-state index contributed by atoms with van der Waals surface area (Å²) in [6.07, 6.45) is 3.73. The Labute approximate surface area is 109 Å². The summed E-state index contributed by atoms with van der Waals surface area (Å²) in [6, 6.07) is 8.96. The van der Waals surface area contributed by atoms with Gasteiger partial charge in [-0.1, -0.05) is 43.7 Å². The summed E-state index contributed by atoms with van der Waals surface area (Å²) >= 11 is 0. The van der Waals surface area contributed by atoms with Gasteiger partial charge in [0, 0.05) is 6.54 Å². The molecule has 0 heterocycles. The molecule has 0 aliphatic heterocycles. The van der Waals surface area contributed by atoms with E-state index in [1.807, 2.05) is 30.3 Å². The molecule has 1 amide bonds. The van der Waals surface area contributed by atoms with Crippen molar-refractivity contribution in [1.82, 2.24) is 5.32 Å². The summed E-state index contributed by atoms with van der Waals surface area (Å²) in [7, 11) is 0. The van der Waals surface area contributed by atoms with E-state index in [-0.39, 0.29) is 5.91 Å². The Morgan fingerprint density at radius 2 is 2.11 bits per heavy atom. The summed E-state index contributed by atoms with van der Waals surface area (Å²) in [5.74, 6) is 1.36. The Morgan fingerprint density at radius 3 is 2.72 bits per heavy atom. The molecular formula is C15H22N2O. The number of carbonyl (C=O) groups excluding carboxylic acids is 1. The second-order valence-electron chi connectivity index (χ2n) is 5.42. The van der Waals surface area contributed by atoms with E-state index in [1.54, 1.807) is 0 Å². The van der Waals surface area contributed by atoms with Gasteiger partial charge in [0.1, 0.15) is 6.04 Å². The van der Waals surface area contributed by atoms with Crippen LogP contribution in [0.5, 0.6) is 0 Å². The van der Waals surface area contributed by atoms with Crippen LogP contribution in [-0.4, -0.2) is 12.5 Å². The molecule has 0 saturated heterocycles. The third-order valence-electron chi connectivity index (χ3n) is 3.81. The summed E-state index contributed by atoms with van der Waals surface area (Å²) in [5, 5.41) is 2.98. The standard InChI is InChI=1S/C15H22N2O/c1-11-7-8-12(9-11)10-17-15(18)14(16)13-5-3-2-4-6-13/h2-6,11-12,14H,7-10,16H2,1H3,(H,17,18)/t11?,12?,14-/m1/s1. The van der Waals surface area contributed by atoms with E-state index in [2.05, 4.69) is 12.2 Å². The van der Waals surface area contributed by atoms with Crippen LogP contribution < -0.4 is 11.1 Å². The van der Waals surface area contributed by atoms with Gasteiger partial charge in [0.15, 0.2) is 0 Å². The maximum Gasteiger partial charge on any atom is 0.241 e. The normalized spacial score (nSPS) is 24.8. The smallest absolute Gasteiger partial charge is 0.241 e. The quantitative estimate of drug-likeness (QED) is 0.856. The Morgan fingerprint density at radius 1 is 1.39 bits per heavy atom. The van der Waals surface area contributed by atoms with E-state index in [0.717, 1.165) is 18.0 Å². The lowest BCUT2D eigenvalue weighted by Crippen LogP contribution is -2.36. The fourth-order valence-electron chi connectivity index (χ4n) is 2.68. The Hall–Kier alpha value is -1.35. The van der Waals surface area contributed by atoms with Gasteiger partial charge in [0.05, 0.1) is 0 Å². The van der Waals surface area contributed by atoms with E-state index in [0.29, 0.717) is 5.92 Å². The number of hydrogen-bond acceptors (Lipinski definition) is 2. The molecule has 1 aromatic rings. The van der Waals surface area contributed by atoms with Crippen LogP contribution in [-0.2, 0) is 4.79 Å². The van der Waals surface area contributed by atoms with Crippen LogP contribution in [0.4, 0.5) is 0 Å². The molecule has 3 atom stereocenters. The van der Waals surface area contributed by atoms with Crippen molar-refractivity contribution in [3.63, 3.8) is 0 Å². The van der Waals surface area contributed by atoms with Crippen molar-refractivity contribution in [1.29, 1.82) is 0 Å². The highest BCUT2D eigenvalue weighted by molar-refractivity contribution is 5.82. The van der Waals surface area contributed by atoms with Crippen molar-refractivity contribution in [2.75, 3.05) is 6.54 Å². The largest absolute Gasteiger partial charge is 0.354 e. The van der Waals surface area contributed by atoms with Crippen LogP contribution in [0.15, 0.2) is 30.3 Å². The Kier molecular flexibility index (Phi) is 4.37. The van der Waals surface area contributed by atoms with Gasteiger partial charge in [-0.3, -0.25) is 4.79 Å². The predicted molar refractivity (Wildman–Crippen MR) is 72.9 cm³/mol. The van der Waals surface area contributed by atoms with E-state index < -0.39 is 6.04 Å². The molecule has 1 aliphatic rings. The minimum atomic E-state index is -0.551. The maximum atomic E-state index is 11.9. The molecule has 2 unspecified atom stereocenters. The average Bonchev–Trinajstić information content (AvgIpc) is 2.82. The van der Waals surface area contributed by atoms with Crippen molar-refractivity contribution in [3.05, 3.63) is 35.9 Å². The molecule has 1 fully saturated rings. The predicted octanol–water partition coefficient (Wildman–Crippen LogP) is 2.24. The molecule has 98 valence electrons. The van der Waals surface area contributed by atoms with Crippen LogP contribution in [0.2, 0.25) is 0 Å². The van der Waals surface area contributed by atoms with E-state index in [1.165, 1.54) is 19.3 Å². The van der Waals surface area contributed by atoms with Crippen LogP contribution in [0.25, 0.3) is 0 Å². The molecule has 3 nitrogen and oxygen atoms in total. The van der Waals surface area contributed by atoms with Crippen LogP contribution in [0.3, 0.4) is 0 Å². The van der Waals surface area contributed by atoms with Crippen molar-refractivity contribution < 1.29 is 4.79 Å². The number of amides is 1. The lowest BCUT2D eigenvalue weighted by atomic mass is 10.0. The van der Waals surface area contributed by atoms with Crippen molar-refractivity contribution in [2.24, 2.45) is 17.6 Å². The first-order valence-corrected chi connectivity index (χ1v) is 6.75. The molecule has 0 radical (unpaired) electrons. The molecule has 1 saturated carbocycles. The SMILES string of the molecule is CC1CCC(CNC(=O)[C@H](N)c2ccccc2)C1. The zero-order valence-corrected chi connectivity index (χ0v) is 10.9. The zero-order valence-electron chi connectivity index (χ0n) is 10.9. The number of rotatable bonds is 4. The summed E-state index contributed by atoms with van der Waals surface area (Å²) < 4.78 is 0. The van der Waals surface area contributed by atoms with Gasteiger partial charge in [-0.15, -0.1) is 0 Å². The fourth-order valence-corrected chi connectivity index (χ4v) is 2.68. The molecule has 3 heteroatoms. The van der Waals surface area contributed by atoms with Crippen LogP contribution in [0, 0.1) is 11.8 Å². The summed E-state index contributed by atoms with van der Waals surface area (Å²) in [6.45, 7) is 3.04. The van der Waals surface area contributed by atoms with Gasteiger partial charge in [-0.25, -0.2) is 0 Å². The first-order valence-electron chi connectivity index (χ1n) is 6.75. The van der Waals surface area contributed by atoms with Gasteiger partial charge in [-0.05, 0) is 30.2 Å². The highest BCUT2D eigenvalue weighted by atomic mass is 16.2. The number of nitrogens with one attached hydrogen (secondary N) is 1. The molecule has 0 spiro atoms. The third kappa shape index (κ3) is 3.33. The van der Waals surface area contributed by atoms with E-state index in [4.69, 9.17) is 5.73 Å². The minimum absolute atomic E-state index is 0.0687. The second kappa shape index (κ2) is 6.01. The lowest BCUT2D eigenvalue weighted by molar-refractivity contribution is -0.122. The maximum absolute atomic E-state index is 11.9. The zero-order chi connectivity index (χ0) is 13.0. The molecule has 0 bridgehead atoms. The fraction of sp³-hybridized carbons (Fsp3) is 0.533. The number of carbonyl (C=O) groups is 1. The first kappa shape index (κ1) is 13.1. The lowest BCUT2D eigenvalue weighted by Gasteiger charge is -2.15. The highest BCUT2D eigenvalue weighted by Gasteiger charge is 2.23. The monoisotopic (exact) mass is 246 g/mol. The number of hydrogen-bond donors (Lipinski definition) is 2. The Bertz CT molecular complexity index is 391. The summed E-state index contributed by atoms with van der Waals surface area (Å²) in [4.78, 5) is 11.9.